The summed E-state index contributed by atoms with van der Waals surface area (Å²) in [7, 11) is 0. The van der Waals surface area contributed by atoms with Crippen LogP contribution in [0.4, 0.5) is 17.1 Å². The minimum atomic E-state index is -0.0417. The van der Waals surface area contributed by atoms with Crippen LogP contribution in [0.2, 0.25) is 0 Å². The summed E-state index contributed by atoms with van der Waals surface area (Å²) in [6.45, 7) is 7.14. The van der Waals surface area contributed by atoms with Gasteiger partial charge in [0.1, 0.15) is 11.5 Å². The van der Waals surface area contributed by atoms with Gasteiger partial charge in [-0.25, -0.2) is 4.99 Å². The van der Waals surface area contributed by atoms with E-state index < -0.39 is 0 Å². The number of aliphatic imine (C=N–C) groups is 1. The maximum Gasteiger partial charge on any atom is 0.278 e. The third-order valence-electron chi connectivity index (χ3n) is 6.58. The fraction of sp³-hybridized carbons (Fsp3) is 0.310. The first-order valence-electron chi connectivity index (χ1n) is 12.5. The molecule has 6 nitrogen and oxygen atoms in total. The molecule has 2 aliphatic rings. The summed E-state index contributed by atoms with van der Waals surface area (Å²) in [4.78, 5) is 24.9. The first-order chi connectivity index (χ1) is 17.2. The molecule has 5 rings (SSSR count). The molecule has 3 aromatic carbocycles. The van der Waals surface area contributed by atoms with Gasteiger partial charge in [-0.1, -0.05) is 49.7 Å². The number of benzene rings is 3. The van der Waals surface area contributed by atoms with Crippen molar-refractivity contribution in [1.82, 2.24) is 4.90 Å². The molecule has 1 amide bonds. The van der Waals surface area contributed by atoms with Gasteiger partial charge in [-0.05, 0) is 48.9 Å². The molecule has 3 aromatic rings. The van der Waals surface area contributed by atoms with Crippen molar-refractivity contribution in [2.45, 2.75) is 19.8 Å². The van der Waals surface area contributed by atoms with Gasteiger partial charge >= 0.3 is 0 Å². The molecule has 0 aromatic heterocycles. The van der Waals surface area contributed by atoms with Crippen LogP contribution in [-0.2, 0) is 4.79 Å². The quantitative estimate of drug-likeness (QED) is 0.431. The van der Waals surface area contributed by atoms with Crippen LogP contribution >= 0.6 is 0 Å². The molecule has 0 radical (unpaired) electrons. The van der Waals surface area contributed by atoms with Crippen LogP contribution in [0.5, 0.6) is 5.75 Å². The normalized spacial score (nSPS) is 17.2. The van der Waals surface area contributed by atoms with Gasteiger partial charge in [0.15, 0.2) is 0 Å². The highest BCUT2D eigenvalue weighted by Crippen LogP contribution is 2.31. The highest BCUT2D eigenvalue weighted by molar-refractivity contribution is 6.54. The number of nitrogens with zero attached hydrogens (tertiary/aromatic N) is 4. The average molecular weight is 469 g/mol. The van der Waals surface area contributed by atoms with Crippen molar-refractivity contribution >= 4 is 28.7 Å². The minimum Gasteiger partial charge on any atom is -0.494 e. The third kappa shape index (κ3) is 5.23. The molecule has 2 aliphatic heterocycles. The van der Waals surface area contributed by atoms with Crippen molar-refractivity contribution in [3.05, 3.63) is 84.4 Å². The first kappa shape index (κ1) is 23.1. The fourth-order valence-corrected chi connectivity index (χ4v) is 4.58. The Kier molecular flexibility index (Phi) is 7.09. The van der Waals surface area contributed by atoms with E-state index in [2.05, 4.69) is 41.0 Å². The van der Waals surface area contributed by atoms with Gasteiger partial charge < -0.3 is 9.64 Å². The van der Waals surface area contributed by atoms with E-state index in [4.69, 9.17) is 9.73 Å². The molecule has 0 aliphatic carbocycles. The van der Waals surface area contributed by atoms with E-state index in [1.165, 1.54) is 5.69 Å². The Morgan fingerprint density at radius 3 is 2.31 bits per heavy atom. The number of carbonyl (C=O) groups excluding carboxylic acids is 1. The Bertz CT molecular complexity index is 1170. The molecule has 0 atom stereocenters. The highest BCUT2D eigenvalue weighted by atomic mass is 16.5. The molecule has 0 bridgehead atoms. The number of fused-ring (bicyclic) bond motifs is 1. The molecule has 0 N–H and O–H groups in total. The van der Waals surface area contributed by atoms with Crippen LogP contribution in [0, 0.1) is 0 Å². The second-order valence-electron chi connectivity index (χ2n) is 8.99. The van der Waals surface area contributed by atoms with Gasteiger partial charge in [0.25, 0.3) is 5.91 Å². The molecule has 0 spiro atoms. The van der Waals surface area contributed by atoms with Crippen molar-refractivity contribution < 1.29 is 9.53 Å². The van der Waals surface area contributed by atoms with Gasteiger partial charge in [0.2, 0.25) is 0 Å². The zero-order chi connectivity index (χ0) is 24.0. The molecule has 180 valence electrons. The lowest BCUT2D eigenvalue weighted by atomic mass is 10.1. The lowest BCUT2D eigenvalue weighted by molar-refractivity contribution is -0.112. The monoisotopic (exact) mass is 468 g/mol. The molecule has 0 saturated carbocycles. The number of unbranched alkanes of at least 4 members (excludes halogenated alkanes) is 1. The fourth-order valence-electron chi connectivity index (χ4n) is 4.58. The van der Waals surface area contributed by atoms with E-state index in [-0.39, 0.29) is 5.91 Å². The third-order valence-corrected chi connectivity index (χ3v) is 6.58. The van der Waals surface area contributed by atoms with Gasteiger partial charge in [-0.3, -0.25) is 14.6 Å². The van der Waals surface area contributed by atoms with Crippen LogP contribution in [0.25, 0.3) is 0 Å². The molecule has 1 saturated heterocycles. The zero-order valence-corrected chi connectivity index (χ0v) is 20.3. The number of amides is 1. The standard InChI is InChI=1S/C29H32N4O2/c1-2-3-21-35-25-15-13-23(14-16-25)30-28-26-11-7-8-12-27(26)33(29(28)34)22-31-17-19-32(20-18-31)24-9-5-4-6-10-24/h4-16H,2-3,17-22H2,1H3. The second kappa shape index (κ2) is 10.7. The van der Waals surface area contributed by atoms with E-state index in [0.717, 1.165) is 61.7 Å². The van der Waals surface area contributed by atoms with Crippen molar-refractivity contribution in [1.29, 1.82) is 0 Å². The van der Waals surface area contributed by atoms with Crippen molar-refractivity contribution in [3.63, 3.8) is 0 Å². The largest absolute Gasteiger partial charge is 0.494 e. The Hall–Kier alpha value is -3.64. The second-order valence-corrected chi connectivity index (χ2v) is 8.99. The van der Waals surface area contributed by atoms with Gasteiger partial charge in [0.05, 0.1) is 24.7 Å². The minimum absolute atomic E-state index is 0.0417. The van der Waals surface area contributed by atoms with Crippen molar-refractivity contribution in [2.24, 2.45) is 4.99 Å². The summed E-state index contributed by atoms with van der Waals surface area (Å²) < 4.78 is 5.75. The van der Waals surface area contributed by atoms with E-state index in [0.29, 0.717) is 19.0 Å². The summed E-state index contributed by atoms with van der Waals surface area (Å²) >= 11 is 0. The summed E-state index contributed by atoms with van der Waals surface area (Å²) in [6, 6.07) is 26.1. The predicted molar refractivity (Wildman–Crippen MR) is 142 cm³/mol. The van der Waals surface area contributed by atoms with Crippen LogP contribution in [0.1, 0.15) is 25.3 Å². The number of para-hydroxylation sites is 2. The summed E-state index contributed by atoms with van der Waals surface area (Å²) in [5.41, 5.74) is 4.34. The van der Waals surface area contributed by atoms with E-state index >= 15 is 0 Å². The Morgan fingerprint density at radius 1 is 0.857 bits per heavy atom. The maximum absolute atomic E-state index is 13.5. The molecule has 35 heavy (non-hydrogen) atoms. The molecule has 6 heteroatoms. The maximum atomic E-state index is 13.5. The SMILES string of the molecule is CCCCOc1ccc(N=C2C(=O)N(CN3CCN(c4ccccc4)CC3)c3ccccc32)cc1. The van der Waals surface area contributed by atoms with Gasteiger partial charge in [-0.2, -0.15) is 0 Å². The van der Waals surface area contributed by atoms with E-state index in [9.17, 15) is 4.79 Å². The van der Waals surface area contributed by atoms with E-state index in [1.54, 1.807) is 0 Å². The number of hydrogen-bond donors (Lipinski definition) is 0. The highest BCUT2D eigenvalue weighted by Gasteiger charge is 2.35. The number of anilines is 2. The molecular formula is C29H32N4O2. The number of carbonyl (C=O) groups is 1. The lowest BCUT2D eigenvalue weighted by Crippen LogP contribution is -2.51. The first-order valence-corrected chi connectivity index (χ1v) is 12.5. The Balaban J connectivity index is 1.28. The van der Waals surface area contributed by atoms with Crippen LogP contribution in [-0.4, -0.2) is 56.0 Å². The topological polar surface area (TPSA) is 48.4 Å². The number of hydrogen-bond acceptors (Lipinski definition) is 5. The summed E-state index contributed by atoms with van der Waals surface area (Å²) in [5.74, 6) is 0.789. The summed E-state index contributed by atoms with van der Waals surface area (Å²) in [5, 5.41) is 0. The van der Waals surface area contributed by atoms with Crippen LogP contribution < -0.4 is 14.5 Å². The molecule has 0 unspecified atom stereocenters. The lowest BCUT2D eigenvalue weighted by Gasteiger charge is -2.37. The predicted octanol–water partition coefficient (Wildman–Crippen LogP) is 5.11. The smallest absolute Gasteiger partial charge is 0.278 e. The van der Waals surface area contributed by atoms with Crippen molar-refractivity contribution in [3.8, 4) is 5.75 Å². The number of rotatable bonds is 8. The van der Waals surface area contributed by atoms with Gasteiger partial charge in [0, 0.05) is 37.4 Å². The van der Waals surface area contributed by atoms with E-state index in [1.807, 2.05) is 59.5 Å². The van der Waals surface area contributed by atoms with Crippen LogP contribution in [0.15, 0.2) is 83.9 Å². The van der Waals surface area contributed by atoms with Crippen molar-refractivity contribution in [2.75, 3.05) is 49.3 Å². The summed E-state index contributed by atoms with van der Waals surface area (Å²) in [6.07, 6.45) is 2.14. The number of piperazine rings is 1. The van der Waals surface area contributed by atoms with Crippen LogP contribution in [0.3, 0.4) is 0 Å². The molecular weight excluding hydrogens is 436 g/mol. The Labute approximate surface area is 207 Å². The number of ether oxygens (including phenoxy) is 1. The molecule has 2 heterocycles. The zero-order valence-electron chi connectivity index (χ0n) is 20.3. The van der Waals surface area contributed by atoms with Gasteiger partial charge in [-0.15, -0.1) is 0 Å². The average Bonchev–Trinajstić information content (AvgIpc) is 3.17. The Morgan fingerprint density at radius 2 is 1.57 bits per heavy atom. The molecule has 1 fully saturated rings.